The average Bonchev–Trinajstić information content (AvgIpc) is 3.14. The summed E-state index contributed by atoms with van der Waals surface area (Å²) in [5.74, 6) is 0.732. The van der Waals surface area contributed by atoms with Crippen molar-refractivity contribution in [2.24, 2.45) is 0 Å². The Hall–Kier alpha value is -2.44. The smallest absolute Gasteiger partial charge is 0.158 e. The van der Waals surface area contributed by atoms with Crippen molar-refractivity contribution in [3.8, 4) is 17.0 Å². The highest BCUT2D eigenvalue weighted by Crippen LogP contribution is 2.35. The molecule has 0 aliphatic carbocycles. The molecule has 3 heterocycles. The van der Waals surface area contributed by atoms with Crippen molar-refractivity contribution < 1.29 is 9.84 Å². The number of hydrogen-bond donors (Lipinski definition) is 2. The van der Waals surface area contributed by atoms with Crippen LogP contribution in [-0.2, 0) is 4.74 Å². The third kappa shape index (κ3) is 3.23. The van der Waals surface area contributed by atoms with Crippen LogP contribution in [0.5, 0.6) is 5.75 Å². The number of nitrogens with zero attached hydrogens (tertiary/aromatic N) is 3. The number of halogens is 1. The number of rotatable bonds is 4. The molecule has 128 valence electrons. The Bertz CT molecular complexity index is 913. The first-order valence-electron chi connectivity index (χ1n) is 8.17. The molecule has 2 N–H and O–H groups in total. The van der Waals surface area contributed by atoms with Crippen LogP contribution < -0.4 is 5.32 Å². The molecule has 1 aliphatic heterocycles. The number of phenols is 1. The molecule has 1 saturated heterocycles. The van der Waals surface area contributed by atoms with Crippen molar-refractivity contribution in [1.29, 1.82) is 0 Å². The van der Waals surface area contributed by atoms with Crippen molar-refractivity contribution in [2.45, 2.75) is 18.9 Å². The van der Waals surface area contributed by atoms with Crippen molar-refractivity contribution in [3.05, 3.63) is 41.7 Å². The van der Waals surface area contributed by atoms with Crippen molar-refractivity contribution >= 4 is 28.2 Å². The second kappa shape index (κ2) is 6.82. The lowest BCUT2D eigenvalue weighted by atomic mass is 10.1. The van der Waals surface area contributed by atoms with E-state index in [0.29, 0.717) is 28.6 Å². The van der Waals surface area contributed by atoms with Gasteiger partial charge in [0.1, 0.15) is 11.4 Å². The first kappa shape index (κ1) is 16.1. The standard InChI is InChI=1S/C18H17ClN4O2/c19-11-3-4-14(16(24)8-11)17-13-5-6-20-10-15(13)18(23-22-17)21-9-12-2-1-7-25-12/h3-6,8,10,12,24H,1-2,7,9H2,(H,21,23)/t12-/m0/s1. The second-order valence-corrected chi connectivity index (χ2v) is 6.43. The fourth-order valence-electron chi connectivity index (χ4n) is 3.05. The lowest BCUT2D eigenvalue weighted by Crippen LogP contribution is -2.19. The fraction of sp³-hybridized carbons (Fsp3) is 0.278. The van der Waals surface area contributed by atoms with Gasteiger partial charge in [0.05, 0.1) is 6.10 Å². The maximum atomic E-state index is 10.2. The van der Waals surface area contributed by atoms with E-state index in [1.54, 1.807) is 24.5 Å². The Labute approximate surface area is 149 Å². The van der Waals surface area contributed by atoms with E-state index in [-0.39, 0.29) is 11.9 Å². The highest BCUT2D eigenvalue weighted by atomic mass is 35.5. The van der Waals surface area contributed by atoms with Gasteiger partial charge in [-0.15, -0.1) is 10.2 Å². The number of hydrogen-bond acceptors (Lipinski definition) is 6. The topological polar surface area (TPSA) is 80.2 Å². The summed E-state index contributed by atoms with van der Waals surface area (Å²) in [5.41, 5.74) is 1.17. The van der Waals surface area contributed by atoms with Gasteiger partial charge >= 0.3 is 0 Å². The quantitative estimate of drug-likeness (QED) is 0.742. The monoisotopic (exact) mass is 356 g/mol. The highest BCUT2D eigenvalue weighted by Gasteiger charge is 2.18. The Morgan fingerprint density at radius 1 is 1.24 bits per heavy atom. The number of pyridine rings is 1. The van der Waals surface area contributed by atoms with E-state index in [2.05, 4.69) is 20.5 Å². The molecule has 3 aromatic rings. The summed E-state index contributed by atoms with van der Waals surface area (Å²) in [5, 5.41) is 24.3. The summed E-state index contributed by atoms with van der Waals surface area (Å²) >= 11 is 5.92. The van der Waals surface area contributed by atoms with Crippen LogP contribution >= 0.6 is 11.6 Å². The van der Waals surface area contributed by atoms with E-state index in [1.165, 1.54) is 6.07 Å². The maximum absolute atomic E-state index is 10.2. The Balaban J connectivity index is 1.73. The molecule has 0 amide bonds. The number of aromatic hydroxyl groups is 1. The zero-order chi connectivity index (χ0) is 17.2. The summed E-state index contributed by atoms with van der Waals surface area (Å²) in [4.78, 5) is 4.20. The zero-order valence-electron chi connectivity index (χ0n) is 13.4. The van der Waals surface area contributed by atoms with Crippen LogP contribution in [0.25, 0.3) is 22.0 Å². The lowest BCUT2D eigenvalue weighted by Gasteiger charge is -2.14. The summed E-state index contributed by atoms with van der Waals surface area (Å²) in [6.45, 7) is 1.50. The Morgan fingerprint density at radius 2 is 2.16 bits per heavy atom. The largest absolute Gasteiger partial charge is 0.507 e. The first-order chi connectivity index (χ1) is 12.2. The van der Waals surface area contributed by atoms with Gasteiger partial charge in [0.25, 0.3) is 0 Å². The van der Waals surface area contributed by atoms with Crippen LogP contribution in [0.4, 0.5) is 5.82 Å². The lowest BCUT2D eigenvalue weighted by molar-refractivity contribution is 0.120. The van der Waals surface area contributed by atoms with Gasteiger partial charge in [0.2, 0.25) is 0 Å². The maximum Gasteiger partial charge on any atom is 0.158 e. The van der Waals surface area contributed by atoms with E-state index in [9.17, 15) is 5.11 Å². The molecule has 0 bridgehead atoms. The summed E-state index contributed by atoms with van der Waals surface area (Å²) in [6, 6.07) is 6.82. The van der Waals surface area contributed by atoms with Crippen LogP contribution in [0.2, 0.25) is 5.02 Å². The Morgan fingerprint density at radius 3 is 2.96 bits per heavy atom. The number of anilines is 1. The van der Waals surface area contributed by atoms with Gasteiger partial charge in [-0.2, -0.15) is 0 Å². The normalized spacial score (nSPS) is 17.1. The van der Waals surface area contributed by atoms with Crippen LogP contribution in [-0.4, -0.2) is 39.5 Å². The predicted octanol–water partition coefficient (Wildman–Crippen LogP) is 3.64. The van der Waals surface area contributed by atoms with E-state index in [4.69, 9.17) is 16.3 Å². The number of benzene rings is 1. The number of nitrogens with one attached hydrogen (secondary N) is 1. The molecular weight excluding hydrogens is 340 g/mol. The van der Waals surface area contributed by atoms with Crippen LogP contribution in [0.1, 0.15) is 12.8 Å². The van der Waals surface area contributed by atoms with Gasteiger partial charge in [-0.25, -0.2) is 0 Å². The third-order valence-corrected chi connectivity index (χ3v) is 4.55. The zero-order valence-corrected chi connectivity index (χ0v) is 14.2. The minimum atomic E-state index is 0.0694. The minimum Gasteiger partial charge on any atom is -0.507 e. The minimum absolute atomic E-state index is 0.0694. The van der Waals surface area contributed by atoms with E-state index in [1.807, 2.05) is 6.07 Å². The van der Waals surface area contributed by atoms with Gasteiger partial charge < -0.3 is 15.2 Å². The SMILES string of the molecule is Oc1cc(Cl)ccc1-c1nnc(NC[C@@H]2CCCO2)c2cnccc12. The van der Waals surface area contributed by atoms with E-state index >= 15 is 0 Å². The van der Waals surface area contributed by atoms with Crippen molar-refractivity contribution in [2.75, 3.05) is 18.5 Å². The molecule has 2 aromatic heterocycles. The van der Waals surface area contributed by atoms with Crippen molar-refractivity contribution in [3.63, 3.8) is 0 Å². The molecule has 6 nitrogen and oxygen atoms in total. The Kier molecular flexibility index (Phi) is 4.38. The van der Waals surface area contributed by atoms with E-state index < -0.39 is 0 Å². The van der Waals surface area contributed by atoms with Gasteiger partial charge in [-0.1, -0.05) is 11.6 Å². The van der Waals surface area contributed by atoms with Crippen molar-refractivity contribution in [1.82, 2.24) is 15.2 Å². The molecule has 25 heavy (non-hydrogen) atoms. The first-order valence-corrected chi connectivity index (χ1v) is 8.55. The molecule has 0 unspecified atom stereocenters. The summed E-state index contributed by atoms with van der Waals surface area (Å²) in [7, 11) is 0. The average molecular weight is 357 g/mol. The molecule has 1 fully saturated rings. The molecule has 4 rings (SSSR count). The van der Waals surface area contributed by atoms with Gasteiger partial charge in [0.15, 0.2) is 5.82 Å². The molecular formula is C18H17ClN4O2. The molecule has 1 aliphatic rings. The van der Waals surface area contributed by atoms with Crippen LogP contribution in [0, 0.1) is 0 Å². The van der Waals surface area contributed by atoms with Gasteiger partial charge in [0, 0.05) is 46.9 Å². The third-order valence-electron chi connectivity index (χ3n) is 4.32. The summed E-state index contributed by atoms with van der Waals surface area (Å²) < 4.78 is 5.63. The highest BCUT2D eigenvalue weighted by molar-refractivity contribution is 6.30. The fourth-order valence-corrected chi connectivity index (χ4v) is 3.21. The number of fused-ring (bicyclic) bond motifs is 1. The molecule has 1 atom stereocenters. The second-order valence-electron chi connectivity index (χ2n) is 6.00. The molecule has 0 spiro atoms. The molecule has 0 saturated carbocycles. The summed E-state index contributed by atoms with van der Waals surface area (Å²) in [6.07, 6.45) is 5.79. The number of aromatic nitrogens is 3. The molecule has 7 heteroatoms. The van der Waals surface area contributed by atoms with Crippen LogP contribution in [0.15, 0.2) is 36.7 Å². The molecule has 0 radical (unpaired) electrons. The number of phenolic OH excluding ortho intramolecular Hbond substituents is 1. The van der Waals surface area contributed by atoms with Crippen LogP contribution in [0.3, 0.4) is 0 Å². The predicted molar refractivity (Wildman–Crippen MR) is 96.9 cm³/mol. The van der Waals surface area contributed by atoms with Gasteiger partial charge in [-0.05, 0) is 37.1 Å². The number of ether oxygens (including phenoxy) is 1. The van der Waals surface area contributed by atoms with E-state index in [0.717, 1.165) is 30.2 Å². The molecule has 1 aromatic carbocycles. The van der Waals surface area contributed by atoms with Gasteiger partial charge in [-0.3, -0.25) is 4.98 Å².